The van der Waals surface area contributed by atoms with Crippen LogP contribution in [0.5, 0.6) is 0 Å². The van der Waals surface area contributed by atoms with Crippen LogP contribution in [0.1, 0.15) is 107 Å². The first-order chi connectivity index (χ1) is 18.3. The fourth-order valence-electron chi connectivity index (χ4n) is 4.82. The van der Waals surface area contributed by atoms with Gasteiger partial charge < -0.3 is 19.3 Å². The van der Waals surface area contributed by atoms with Crippen molar-refractivity contribution in [2.75, 3.05) is 0 Å². The summed E-state index contributed by atoms with van der Waals surface area (Å²) in [5, 5.41) is 18.7. The number of carbonyl (C=O) groups is 2. The van der Waals surface area contributed by atoms with Crippen molar-refractivity contribution in [2.45, 2.75) is 107 Å². The molecule has 0 saturated heterocycles. The average molecular weight is 593 g/mol. The van der Waals surface area contributed by atoms with Crippen molar-refractivity contribution in [2.24, 2.45) is 21.7 Å². The summed E-state index contributed by atoms with van der Waals surface area (Å²) in [5.74, 6) is -1.61. The molecule has 2 aliphatic heterocycles. The number of unbranched alkanes of at least 4 members (excludes halogenated alkanes) is 2. The number of aliphatic carboxylic acids is 2. The monoisotopic (exact) mass is 592 g/mol. The maximum atomic E-state index is 13.4. The molecule has 2 aliphatic rings. The summed E-state index contributed by atoms with van der Waals surface area (Å²) in [6, 6.07) is 0. The van der Waals surface area contributed by atoms with Gasteiger partial charge >= 0.3 is 11.9 Å². The molecule has 0 aromatic heterocycles. The molecule has 6 nitrogen and oxygen atoms in total. The smallest absolute Gasteiger partial charge is 0.309 e. The van der Waals surface area contributed by atoms with Crippen molar-refractivity contribution in [1.29, 1.82) is 0 Å². The highest BCUT2D eigenvalue weighted by Crippen LogP contribution is 2.40. The SMILES string of the molecule is CC1(C)C=C(/C=C/C2=CC(C)(C)C=C(CCCCC(C)(C)C(=O)O)[S+]2[O-])[S+]([O-])C(CCCCC(C)(C)C(=O)O)=C1. The lowest BCUT2D eigenvalue weighted by Gasteiger charge is -2.28. The number of allylic oxidation sites excluding steroid dienone is 8. The van der Waals surface area contributed by atoms with E-state index in [9.17, 15) is 28.9 Å². The van der Waals surface area contributed by atoms with Gasteiger partial charge in [0.2, 0.25) is 0 Å². The summed E-state index contributed by atoms with van der Waals surface area (Å²) in [6.45, 7) is 15.2. The Bertz CT molecular complexity index is 1020. The minimum absolute atomic E-state index is 0.280. The van der Waals surface area contributed by atoms with Crippen molar-refractivity contribution in [3.05, 3.63) is 56.1 Å². The molecule has 40 heavy (non-hydrogen) atoms. The van der Waals surface area contributed by atoms with E-state index in [2.05, 4.69) is 39.8 Å². The quantitative estimate of drug-likeness (QED) is 0.156. The molecule has 2 rings (SSSR count). The lowest BCUT2D eigenvalue weighted by atomic mass is 9.87. The van der Waals surface area contributed by atoms with Crippen LogP contribution < -0.4 is 0 Å². The maximum Gasteiger partial charge on any atom is 0.309 e. The van der Waals surface area contributed by atoms with Crippen molar-refractivity contribution in [3.8, 4) is 0 Å². The summed E-state index contributed by atoms with van der Waals surface area (Å²) < 4.78 is 26.9. The molecule has 0 spiro atoms. The second-order valence-electron chi connectivity index (χ2n) is 13.6. The molecule has 0 amide bonds. The molecular formula is C32H48O6S2. The third-order valence-corrected chi connectivity index (χ3v) is 10.5. The highest BCUT2D eigenvalue weighted by atomic mass is 32.2. The maximum absolute atomic E-state index is 13.4. The number of rotatable bonds is 14. The van der Waals surface area contributed by atoms with Gasteiger partial charge in [0.05, 0.1) is 10.8 Å². The number of carboxylic acids is 2. The van der Waals surface area contributed by atoms with Crippen molar-refractivity contribution in [3.63, 3.8) is 0 Å². The summed E-state index contributed by atoms with van der Waals surface area (Å²) in [5.41, 5.74) is -2.10. The molecule has 0 radical (unpaired) electrons. The second kappa shape index (κ2) is 13.5. The van der Waals surface area contributed by atoms with Crippen molar-refractivity contribution >= 4 is 34.3 Å². The minimum Gasteiger partial charge on any atom is -0.607 e. The lowest BCUT2D eigenvalue weighted by molar-refractivity contribution is -0.148. The Balaban J connectivity index is 2.07. The summed E-state index contributed by atoms with van der Waals surface area (Å²) in [6.07, 6.45) is 17.2. The first kappa shape index (κ1) is 34.5. The topological polar surface area (TPSA) is 121 Å². The fraction of sp³-hybridized carbons (Fsp3) is 0.625. The normalized spacial score (nSPS) is 22.9. The summed E-state index contributed by atoms with van der Waals surface area (Å²) in [7, 11) is 0. The fourth-order valence-corrected chi connectivity index (χ4v) is 8.11. The molecule has 8 heteroatoms. The minimum atomic E-state index is -1.33. The zero-order chi connectivity index (χ0) is 30.5. The summed E-state index contributed by atoms with van der Waals surface area (Å²) in [4.78, 5) is 25.8. The van der Waals surface area contributed by atoms with Gasteiger partial charge in [-0.1, -0.05) is 40.5 Å². The second-order valence-corrected chi connectivity index (χ2v) is 16.7. The molecule has 2 atom stereocenters. The van der Waals surface area contributed by atoms with Crippen LogP contribution in [0.25, 0.3) is 0 Å². The molecule has 0 aliphatic carbocycles. The standard InChI is InChI=1S/C32H48O6S2/c1-29(2)19-23(13-9-11-17-31(5,6)27(33)34)39(37)25(21-29)15-16-26-22-30(3,4)20-24(40(26)38)14-10-12-18-32(7,8)28(35)36/h15-16,19-22H,9-14,17-18H2,1-8H3,(H,33,34)(H,35,36)/b16-15+. The van der Waals surface area contributed by atoms with Gasteiger partial charge in [0.15, 0.2) is 9.81 Å². The Hall–Kier alpha value is -1.74. The first-order valence-electron chi connectivity index (χ1n) is 14.1. The molecule has 0 fully saturated rings. The van der Waals surface area contributed by atoms with E-state index in [1.54, 1.807) is 27.7 Å². The Labute approximate surface area is 247 Å². The Kier molecular flexibility index (Phi) is 11.6. The van der Waals surface area contributed by atoms with E-state index in [0.717, 1.165) is 35.5 Å². The van der Waals surface area contributed by atoms with Crippen LogP contribution in [0.3, 0.4) is 0 Å². The van der Waals surface area contributed by atoms with E-state index in [4.69, 9.17) is 0 Å². The van der Waals surface area contributed by atoms with E-state index in [1.165, 1.54) is 0 Å². The van der Waals surface area contributed by atoms with Gasteiger partial charge in [0.25, 0.3) is 0 Å². The third kappa shape index (κ3) is 9.97. The molecule has 224 valence electrons. The largest absolute Gasteiger partial charge is 0.607 e. The van der Waals surface area contributed by atoms with Crippen LogP contribution in [0.15, 0.2) is 56.1 Å². The Morgan fingerprint density at radius 1 is 0.700 bits per heavy atom. The van der Waals surface area contributed by atoms with Crippen LogP contribution in [-0.4, -0.2) is 31.3 Å². The van der Waals surface area contributed by atoms with Gasteiger partial charge in [-0.2, -0.15) is 0 Å². The van der Waals surface area contributed by atoms with Crippen LogP contribution in [0.4, 0.5) is 0 Å². The van der Waals surface area contributed by atoms with Gasteiger partial charge in [-0.3, -0.25) is 9.59 Å². The van der Waals surface area contributed by atoms with Crippen LogP contribution in [0.2, 0.25) is 0 Å². The van der Waals surface area contributed by atoms with Gasteiger partial charge in [-0.05, 0) is 89.8 Å². The van der Waals surface area contributed by atoms with Gasteiger partial charge in [0.1, 0.15) is 9.81 Å². The van der Waals surface area contributed by atoms with Crippen LogP contribution in [0, 0.1) is 21.7 Å². The van der Waals surface area contributed by atoms with Crippen molar-refractivity contribution < 1.29 is 28.9 Å². The van der Waals surface area contributed by atoms with Crippen LogP contribution in [-0.2, 0) is 31.9 Å². The zero-order valence-electron chi connectivity index (χ0n) is 25.5. The number of hydrogen-bond acceptors (Lipinski definition) is 4. The highest BCUT2D eigenvalue weighted by molar-refractivity contribution is 7.99. The van der Waals surface area contributed by atoms with E-state index in [0.29, 0.717) is 35.5 Å². The molecule has 0 saturated carbocycles. The van der Waals surface area contributed by atoms with Gasteiger partial charge in [0, 0.05) is 46.0 Å². The van der Waals surface area contributed by atoms with Crippen LogP contribution >= 0.6 is 0 Å². The zero-order valence-corrected chi connectivity index (χ0v) is 27.1. The number of hydrogen-bond donors (Lipinski definition) is 2. The highest BCUT2D eigenvalue weighted by Gasteiger charge is 2.34. The lowest BCUT2D eigenvalue weighted by Crippen LogP contribution is -2.23. The van der Waals surface area contributed by atoms with E-state index in [1.807, 2.05) is 24.3 Å². The molecule has 2 heterocycles. The predicted molar refractivity (Wildman–Crippen MR) is 165 cm³/mol. The molecule has 0 bridgehead atoms. The predicted octanol–water partition coefficient (Wildman–Crippen LogP) is 8.00. The molecule has 2 N–H and O–H groups in total. The Morgan fingerprint density at radius 2 is 1.02 bits per heavy atom. The summed E-state index contributed by atoms with van der Waals surface area (Å²) >= 11 is -2.66. The molecule has 0 aromatic carbocycles. The molecular weight excluding hydrogens is 544 g/mol. The van der Waals surface area contributed by atoms with Gasteiger partial charge in [-0.15, -0.1) is 0 Å². The first-order valence-corrected chi connectivity index (χ1v) is 16.4. The van der Waals surface area contributed by atoms with E-state index >= 15 is 0 Å². The average Bonchev–Trinajstić information content (AvgIpc) is 2.82. The van der Waals surface area contributed by atoms with E-state index < -0.39 is 45.1 Å². The molecule has 2 unspecified atom stereocenters. The third-order valence-electron chi connectivity index (χ3n) is 7.52. The van der Waals surface area contributed by atoms with Crippen molar-refractivity contribution in [1.82, 2.24) is 0 Å². The van der Waals surface area contributed by atoms with E-state index in [-0.39, 0.29) is 10.8 Å². The Morgan fingerprint density at radius 3 is 1.32 bits per heavy atom. The van der Waals surface area contributed by atoms with Gasteiger partial charge in [-0.25, -0.2) is 0 Å². The number of carboxylic acid groups (broad SMARTS) is 2. The molecule has 0 aromatic rings.